The lowest BCUT2D eigenvalue weighted by molar-refractivity contribution is -0.115. The zero-order valence-electron chi connectivity index (χ0n) is 18.4. The second kappa shape index (κ2) is 9.87. The summed E-state index contributed by atoms with van der Waals surface area (Å²) in [5.41, 5.74) is 1.30. The maximum absolute atomic E-state index is 13.1. The van der Waals surface area contributed by atoms with Gasteiger partial charge in [0.05, 0.1) is 20.6 Å². The van der Waals surface area contributed by atoms with Gasteiger partial charge in [-0.25, -0.2) is 0 Å². The molecular formula is C25H28N2O5. The molecule has 0 spiro atoms. The third kappa shape index (κ3) is 4.78. The Morgan fingerprint density at radius 1 is 1.09 bits per heavy atom. The number of rotatable bonds is 7. The van der Waals surface area contributed by atoms with Gasteiger partial charge in [0.15, 0.2) is 0 Å². The Bertz CT molecular complexity index is 1160. The Hall–Kier alpha value is -3.32. The summed E-state index contributed by atoms with van der Waals surface area (Å²) in [4.78, 5) is 25.9. The first kappa shape index (κ1) is 21.9. The number of amides is 1. The summed E-state index contributed by atoms with van der Waals surface area (Å²) in [7, 11) is 3.15. The normalized spacial score (nSPS) is 14.3. The van der Waals surface area contributed by atoms with E-state index in [4.69, 9.17) is 14.2 Å². The Morgan fingerprint density at radius 2 is 1.91 bits per heavy atom. The largest absolute Gasteiger partial charge is 0.497 e. The Morgan fingerprint density at radius 3 is 2.66 bits per heavy atom. The molecule has 1 aromatic heterocycles. The number of hydrogen-bond acceptors (Lipinski definition) is 5. The smallest absolute Gasteiger partial charge is 0.258 e. The molecule has 1 amide bonds. The minimum atomic E-state index is -0.199. The van der Waals surface area contributed by atoms with Crippen LogP contribution in [0, 0.1) is 5.92 Å². The van der Waals surface area contributed by atoms with Crippen LogP contribution in [0.2, 0.25) is 0 Å². The van der Waals surface area contributed by atoms with Crippen molar-refractivity contribution < 1.29 is 19.0 Å². The highest BCUT2D eigenvalue weighted by Crippen LogP contribution is 2.26. The van der Waals surface area contributed by atoms with Crippen molar-refractivity contribution in [3.05, 3.63) is 64.6 Å². The summed E-state index contributed by atoms with van der Waals surface area (Å²) in [6.07, 6.45) is 3.88. The number of aromatic nitrogens is 1. The maximum atomic E-state index is 13.1. The van der Waals surface area contributed by atoms with Crippen molar-refractivity contribution in [1.82, 2.24) is 4.57 Å². The molecule has 0 atom stereocenters. The molecule has 168 valence electrons. The molecule has 0 unspecified atom stereocenters. The molecule has 1 N–H and O–H groups in total. The molecule has 7 nitrogen and oxygen atoms in total. The van der Waals surface area contributed by atoms with E-state index in [2.05, 4.69) is 5.32 Å². The fraction of sp³-hybridized carbons (Fsp3) is 0.360. The molecule has 0 bridgehead atoms. The molecule has 1 aliphatic heterocycles. The van der Waals surface area contributed by atoms with Crippen molar-refractivity contribution in [3.8, 4) is 11.5 Å². The second-order valence-corrected chi connectivity index (χ2v) is 8.00. The zero-order valence-corrected chi connectivity index (χ0v) is 18.4. The minimum absolute atomic E-state index is 0.0421. The van der Waals surface area contributed by atoms with Crippen LogP contribution in [0.5, 0.6) is 11.5 Å². The van der Waals surface area contributed by atoms with Gasteiger partial charge in [0.1, 0.15) is 11.5 Å². The molecule has 0 saturated carbocycles. The summed E-state index contributed by atoms with van der Waals surface area (Å²) in [6, 6.07) is 12.7. The van der Waals surface area contributed by atoms with E-state index in [0.717, 1.165) is 37.0 Å². The van der Waals surface area contributed by atoms with Crippen molar-refractivity contribution >= 4 is 22.4 Å². The fourth-order valence-electron chi connectivity index (χ4n) is 4.17. The molecule has 1 saturated heterocycles. The van der Waals surface area contributed by atoms with E-state index >= 15 is 0 Å². The Kier molecular flexibility index (Phi) is 6.75. The van der Waals surface area contributed by atoms with Crippen LogP contribution in [0.3, 0.4) is 0 Å². The van der Waals surface area contributed by atoms with Crippen molar-refractivity contribution in [1.29, 1.82) is 0 Å². The summed E-state index contributed by atoms with van der Waals surface area (Å²) in [5.74, 6) is 1.52. The lowest BCUT2D eigenvalue weighted by Gasteiger charge is -2.23. The van der Waals surface area contributed by atoms with Crippen LogP contribution in [0.25, 0.3) is 10.8 Å². The van der Waals surface area contributed by atoms with E-state index in [0.29, 0.717) is 35.0 Å². The number of methoxy groups -OCH3 is 2. The third-order valence-corrected chi connectivity index (χ3v) is 5.93. The molecule has 32 heavy (non-hydrogen) atoms. The van der Waals surface area contributed by atoms with Gasteiger partial charge in [0.2, 0.25) is 5.91 Å². The van der Waals surface area contributed by atoms with E-state index in [1.54, 1.807) is 49.1 Å². The SMILES string of the molecule is COc1ccc(OC)c(CC(=O)Nc2cccc3c(=O)n(CC4CCOCC4)ccc23)c1. The number of benzene rings is 2. The average Bonchev–Trinajstić information content (AvgIpc) is 2.82. The molecule has 1 fully saturated rings. The molecule has 0 radical (unpaired) electrons. The van der Waals surface area contributed by atoms with Gasteiger partial charge in [0, 0.05) is 48.0 Å². The molecule has 4 rings (SSSR count). The number of ether oxygens (including phenoxy) is 3. The molecule has 1 aliphatic rings. The van der Waals surface area contributed by atoms with Gasteiger partial charge in [-0.1, -0.05) is 6.07 Å². The van der Waals surface area contributed by atoms with E-state index in [9.17, 15) is 9.59 Å². The standard InChI is InChI=1S/C25H28N2O5/c1-30-19-6-7-23(31-2)18(14-19)15-24(28)26-22-5-3-4-21-20(22)8-11-27(25(21)29)16-17-9-12-32-13-10-17/h3-8,11,14,17H,9-10,12-13,15-16H2,1-2H3,(H,26,28). The van der Waals surface area contributed by atoms with Gasteiger partial charge in [0.25, 0.3) is 5.56 Å². The van der Waals surface area contributed by atoms with Crippen LogP contribution in [0.1, 0.15) is 18.4 Å². The van der Waals surface area contributed by atoms with Crippen LogP contribution in [0.15, 0.2) is 53.5 Å². The van der Waals surface area contributed by atoms with E-state index in [1.807, 2.05) is 18.3 Å². The third-order valence-electron chi connectivity index (χ3n) is 5.93. The molecule has 7 heteroatoms. The number of nitrogens with zero attached hydrogens (tertiary/aromatic N) is 1. The summed E-state index contributed by atoms with van der Waals surface area (Å²) < 4.78 is 17.8. The molecular weight excluding hydrogens is 408 g/mol. The van der Waals surface area contributed by atoms with Gasteiger partial charge >= 0.3 is 0 Å². The number of hydrogen-bond donors (Lipinski definition) is 1. The summed E-state index contributed by atoms with van der Waals surface area (Å²) in [6.45, 7) is 2.19. The van der Waals surface area contributed by atoms with Crippen molar-refractivity contribution in [3.63, 3.8) is 0 Å². The second-order valence-electron chi connectivity index (χ2n) is 8.00. The first-order valence-corrected chi connectivity index (χ1v) is 10.8. The predicted molar refractivity (Wildman–Crippen MR) is 124 cm³/mol. The first-order valence-electron chi connectivity index (χ1n) is 10.8. The van der Waals surface area contributed by atoms with Crippen LogP contribution in [-0.4, -0.2) is 37.9 Å². The number of anilines is 1. The topological polar surface area (TPSA) is 78.8 Å². The number of carbonyl (C=O) groups excluding carboxylic acids is 1. The predicted octanol–water partition coefficient (Wildman–Crippen LogP) is 3.63. The average molecular weight is 437 g/mol. The molecule has 3 aromatic rings. The van der Waals surface area contributed by atoms with E-state index in [1.165, 1.54) is 0 Å². The van der Waals surface area contributed by atoms with Crippen molar-refractivity contribution in [2.24, 2.45) is 5.92 Å². The van der Waals surface area contributed by atoms with Crippen molar-refractivity contribution in [2.75, 3.05) is 32.8 Å². The highest BCUT2D eigenvalue weighted by Gasteiger charge is 2.17. The van der Waals surface area contributed by atoms with Crippen LogP contribution >= 0.6 is 0 Å². The van der Waals surface area contributed by atoms with Gasteiger partial charge < -0.3 is 24.1 Å². The number of pyridine rings is 1. The monoisotopic (exact) mass is 436 g/mol. The number of carbonyl (C=O) groups is 1. The minimum Gasteiger partial charge on any atom is -0.497 e. The van der Waals surface area contributed by atoms with Crippen LogP contribution < -0.4 is 20.3 Å². The van der Waals surface area contributed by atoms with Crippen LogP contribution in [-0.2, 0) is 22.5 Å². The quantitative estimate of drug-likeness (QED) is 0.612. The van der Waals surface area contributed by atoms with E-state index in [-0.39, 0.29) is 17.9 Å². The van der Waals surface area contributed by atoms with Crippen molar-refractivity contribution in [2.45, 2.75) is 25.8 Å². The lowest BCUT2D eigenvalue weighted by Crippen LogP contribution is -2.27. The van der Waals surface area contributed by atoms with E-state index < -0.39 is 0 Å². The van der Waals surface area contributed by atoms with Crippen LogP contribution in [0.4, 0.5) is 5.69 Å². The highest BCUT2D eigenvalue weighted by molar-refractivity contribution is 6.02. The Labute approximate surface area is 186 Å². The van der Waals surface area contributed by atoms with Gasteiger partial charge in [-0.05, 0) is 55.2 Å². The van der Waals surface area contributed by atoms with Gasteiger partial charge in [-0.2, -0.15) is 0 Å². The zero-order chi connectivity index (χ0) is 22.5. The van der Waals surface area contributed by atoms with Gasteiger partial charge in [-0.3, -0.25) is 9.59 Å². The number of nitrogens with one attached hydrogen (secondary N) is 1. The molecule has 2 aromatic carbocycles. The fourth-order valence-corrected chi connectivity index (χ4v) is 4.17. The van der Waals surface area contributed by atoms with Gasteiger partial charge in [-0.15, -0.1) is 0 Å². The lowest BCUT2D eigenvalue weighted by atomic mass is 10.00. The molecule has 2 heterocycles. The molecule has 0 aliphatic carbocycles. The maximum Gasteiger partial charge on any atom is 0.258 e. The first-order chi connectivity index (χ1) is 15.6. The summed E-state index contributed by atoms with van der Waals surface area (Å²) in [5, 5.41) is 4.27. The summed E-state index contributed by atoms with van der Waals surface area (Å²) >= 11 is 0. The number of fused-ring (bicyclic) bond motifs is 1. The highest BCUT2D eigenvalue weighted by atomic mass is 16.5. The Balaban J connectivity index is 1.55.